The number of benzene rings is 1. The molecule has 1 aliphatic heterocycles. The number of aromatic nitrogens is 3. The molecular weight excluding hydrogens is 406 g/mol. The van der Waals surface area contributed by atoms with E-state index in [-0.39, 0.29) is 18.9 Å². The molecule has 2 aliphatic rings. The van der Waals surface area contributed by atoms with E-state index in [9.17, 15) is 18.4 Å². The third kappa shape index (κ3) is 4.09. The molecule has 0 unspecified atom stereocenters. The van der Waals surface area contributed by atoms with E-state index in [1.165, 1.54) is 12.1 Å². The number of imide groups is 1. The topological polar surface area (TPSA) is 100 Å². The van der Waals surface area contributed by atoms with Gasteiger partial charge in [0.2, 0.25) is 5.91 Å². The lowest BCUT2D eigenvalue weighted by Gasteiger charge is -2.12. The number of nitrogens with zero attached hydrogens (tertiary/aromatic N) is 3. The van der Waals surface area contributed by atoms with Crippen LogP contribution in [-0.2, 0) is 16.1 Å². The van der Waals surface area contributed by atoms with E-state index in [4.69, 9.17) is 0 Å². The van der Waals surface area contributed by atoms with E-state index in [0.29, 0.717) is 40.0 Å². The van der Waals surface area contributed by atoms with Crippen molar-refractivity contribution in [2.45, 2.75) is 31.8 Å². The van der Waals surface area contributed by atoms with Crippen molar-refractivity contribution >= 4 is 35.2 Å². The Bertz CT molecular complexity index is 1230. The van der Waals surface area contributed by atoms with Crippen LogP contribution in [0.1, 0.15) is 30.4 Å². The highest BCUT2D eigenvalue weighted by Gasteiger charge is 2.25. The van der Waals surface area contributed by atoms with Crippen molar-refractivity contribution in [3.05, 3.63) is 58.8 Å². The van der Waals surface area contributed by atoms with Crippen LogP contribution in [-0.4, -0.2) is 32.5 Å². The van der Waals surface area contributed by atoms with Gasteiger partial charge in [0.1, 0.15) is 23.3 Å². The molecule has 0 radical (unpaired) electrons. The van der Waals surface area contributed by atoms with Gasteiger partial charge in [-0.2, -0.15) is 9.61 Å². The van der Waals surface area contributed by atoms with Crippen LogP contribution in [0.5, 0.6) is 0 Å². The van der Waals surface area contributed by atoms with Crippen LogP contribution in [0.4, 0.5) is 20.4 Å². The van der Waals surface area contributed by atoms with E-state index in [2.05, 4.69) is 26.0 Å². The van der Waals surface area contributed by atoms with Crippen molar-refractivity contribution in [3.63, 3.8) is 0 Å². The minimum Gasteiger partial charge on any atom is -0.367 e. The molecule has 1 saturated heterocycles. The number of carbonyl (C=O) groups excluding carboxylic acids is 2. The normalized spacial score (nSPS) is 17.4. The Kier molecular flexibility index (Phi) is 4.61. The van der Waals surface area contributed by atoms with Gasteiger partial charge >= 0.3 is 0 Å². The molecule has 0 atom stereocenters. The molecule has 2 amide bonds. The first-order chi connectivity index (χ1) is 14.9. The lowest BCUT2D eigenvalue weighted by atomic mass is 10.1. The molecule has 2 aromatic heterocycles. The minimum absolute atomic E-state index is 0.00638. The zero-order chi connectivity index (χ0) is 21.5. The number of halogens is 2. The van der Waals surface area contributed by atoms with Crippen LogP contribution < -0.4 is 16.0 Å². The second-order valence-electron chi connectivity index (χ2n) is 7.64. The largest absolute Gasteiger partial charge is 0.367 e. The fourth-order valence-corrected chi connectivity index (χ4v) is 3.43. The minimum atomic E-state index is -0.648. The molecule has 3 N–H and O–H groups in total. The SMILES string of the molecule is O=C1C/C(=C\c2cnn3c(NC4CC4)cc(NCc4cc(F)cc(F)c4)nc23)C(=O)N1. The predicted octanol–water partition coefficient (Wildman–Crippen LogP) is 2.62. The second kappa shape index (κ2) is 7.46. The number of hydrogen-bond acceptors (Lipinski definition) is 6. The highest BCUT2D eigenvalue weighted by Crippen LogP contribution is 2.28. The zero-order valence-electron chi connectivity index (χ0n) is 16.3. The van der Waals surface area contributed by atoms with E-state index in [0.717, 1.165) is 18.9 Å². The average molecular weight is 424 g/mol. The van der Waals surface area contributed by atoms with E-state index in [1.807, 2.05) is 0 Å². The molecule has 1 saturated carbocycles. The zero-order valence-corrected chi connectivity index (χ0v) is 16.3. The van der Waals surface area contributed by atoms with Crippen LogP contribution in [0.25, 0.3) is 11.7 Å². The molecule has 5 rings (SSSR count). The second-order valence-corrected chi connectivity index (χ2v) is 7.64. The summed E-state index contributed by atoms with van der Waals surface area (Å²) < 4.78 is 28.6. The van der Waals surface area contributed by atoms with Crippen molar-refractivity contribution < 1.29 is 18.4 Å². The first-order valence-electron chi connectivity index (χ1n) is 9.83. The molecule has 3 heterocycles. The molecular formula is C21H18F2N6O2. The Balaban J connectivity index is 1.49. The van der Waals surface area contributed by atoms with Gasteiger partial charge < -0.3 is 10.6 Å². The third-order valence-electron chi connectivity index (χ3n) is 5.05. The van der Waals surface area contributed by atoms with Gasteiger partial charge in [0, 0.05) is 35.9 Å². The molecule has 158 valence electrons. The third-order valence-corrected chi connectivity index (χ3v) is 5.05. The van der Waals surface area contributed by atoms with Gasteiger partial charge in [-0.25, -0.2) is 13.8 Å². The maximum Gasteiger partial charge on any atom is 0.254 e. The van der Waals surface area contributed by atoms with Gasteiger partial charge in [-0.3, -0.25) is 14.9 Å². The number of nitrogens with one attached hydrogen (secondary N) is 3. The Morgan fingerprint density at radius 3 is 2.61 bits per heavy atom. The van der Waals surface area contributed by atoms with Crippen LogP contribution in [0, 0.1) is 11.6 Å². The van der Waals surface area contributed by atoms with E-state index < -0.39 is 17.5 Å². The number of rotatable bonds is 6. The molecule has 0 bridgehead atoms. The first kappa shape index (κ1) is 19.2. The summed E-state index contributed by atoms with van der Waals surface area (Å²) in [5.41, 5.74) is 1.84. The predicted molar refractivity (Wildman–Crippen MR) is 109 cm³/mol. The summed E-state index contributed by atoms with van der Waals surface area (Å²) in [6, 6.07) is 5.45. The summed E-state index contributed by atoms with van der Waals surface area (Å²) in [7, 11) is 0. The summed E-state index contributed by atoms with van der Waals surface area (Å²) in [6.45, 7) is 0.169. The van der Waals surface area contributed by atoms with Crippen molar-refractivity contribution in [2.24, 2.45) is 0 Å². The molecule has 2 fully saturated rings. The molecule has 1 aliphatic carbocycles. The van der Waals surface area contributed by atoms with Crippen LogP contribution in [0.3, 0.4) is 0 Å². The Morgan fingerprint density at radius 1 is 1.16 bits per heavy atom. The number of carbonyl (C=O) groups is 2. The van der Waals surface area contributed by atoms with Crippen molar-refractivity contribution in [3.8, 4) is 0 Å². The lowest BCUT2D eigenvalue weighted by Crippen LogP contribution is -2.19. The van der Waals surface area contributed by atoms with E-state index >= 15 is 0 Å². The summed E-state index contributed by atoms with van der Waals surface area (Å²) in [6.07, 6.45) is 5.29. The summed E-state index contributed by atoms with van der Waals surface area (Å²) in [4.78, 5) is 28.0. The van der Waals surface area contributed by atoms with Gasteiger partial charge in [-0.15, -0.1) is 0 Å². The molecule has 10 heteroatoms. The van der Waals surface area contributed by atoms with Gasteiger partial charge in [-0.05, 0) is 36.6 Å². The van der Waals surface area contributed by atoms with Gasteiger partial charge in [0.25, 0.3) is 5.91 Å². The average Bonchev–Trinajstić information content (AvgIpc) is 3.34. The van der Waals surface area contributed by atoms with Crippen molar-refractivity contribution in [1.29, 1.82) is 0 Å². The van der Waals surface area contributed by atoms with Crippen LogP contribution >= 0.6 is 0 Å². The van der Waals surface area contributed by atoms with E-state index in [1.54, 1.807) is 22.9 Å². The molecule has 3 aromatic rings. The maximum absolute atomic E-state index is 13.5. The van der Waals surface area contributed by atoms with Gasteiger partial charge in [0.15, 0.2) is 5.65 Å². The lowest BCUT2D eigenvalue weighted by molar-refractivity contribution is -0.124. The maximum atomic E-state index is 13.5. The standard InChI is InChI=1S/C21H18F2N6O2/c22-14-3-11(4-15(23)7-14)9-24-17-8-18(26-16-1-2-16)29-20(27-17)13(10-25-29)5-12-6-19(30)28-21(12)31/h3-5,7-8,10,16,26H,1-2,6,9H2,(H,24,27)(H,28,30,31)/b12-5+. The fourth-order valence-electron chi connectivity index (χ4n) is 3.43. The van der Waals surface area contributed by atoms with Gasteiger partial charge in [-0.1, -0.05) is 0 Å². The van der Waals surface area contributed by atoms with Crippen LogP contribution in [0.2, 0.25) is 0 Å². The smallest absolute Gasteiger partial charge is 0.254 e. The molecule has 31 heavy (non-hydrogen) atoms. The number of anilines is 2. The fraction of sp³-hybridized carbons (Fsp3) is 0.238. The number of amides is 2. The Labute approximate surface area is 175 Å². The van der Waals surface area contributed by atoms with Crippen molar-refractivity contribution in [1.82, 2.24) is 19.9 Å². The van der Waals surface area contributed by atoms with Crippen LogP contribution in [0.15, 0.2) is 36.0 Å². The monoisotopic (exact) mass is 424 g/mol. The molecule has 1 aromatic carbocycles. The summed E-state index contributed by atoms with van der Waals surface area (Å²) >= 11 is 0. The highest BCUT2D eigenvalue weighted by atomic mass is 19.1. The highest BCUT2D eigenvalue weighted by molar-refractivity contribution is 6.15. The Morgan fingerprint density at radius 2 is 1.94 bits per heavy atom. The first-order valence-corrected chi connectivity index (χ1v) is 9.83. The van der Waals surface area contributed by atoms with Gasteiger partial charge in [0.05, 0.1) is 12.6 Å². The number of fused-ring (bicyclic) bond motifs is 1. The quantitative estimate of drug-likeness (QED) is 0.416. The molecule has 0 spiro atoms. The Hall–Kier alpha value is -3.82. The summed E-state index contributed by atoms with van der Waals surface area (Å²) in [5, 5.41) is 13.1. The molecule has 8 nitrogen and oxygen atoms in total. The summed E-state index contributed by atoms with van der Waals surface area (Å²) in [5.74, 6) is -0.884. The number of hydrogen-bond donors (Lipinski definition) is 3. The van der Waals surface area contributed by atoms with Crippen molar-refractivity contribution in [2.75, 3.05) is 10.6 Å².